The van der Waals surface area contributed by atoms with Crippen LogP contribution in [0.1, 0.15) is 12.0 Å². The fourth-order valence-electron chi connectivity index (χ4n) is 3.26. The van der Waals surface area contributed by atoms with E-state index >= 15 is 0 Å². The SMILES string of the molecule is O=C(Cn1cc(C(F)(F)F)ccc1=O)NC1CCN(c2ccccc2OC(F)F)C1. The van der Waals surface area contributed by atoms with E-state index in [0.29, 0.717) is 42.0 Å². The van der Waals surface area contributed by atoms with Crippen molar-refractivity contribution in [3.63, 3.8) is 0 Å². The number of nitrogens with zero attached hydrogens (tertiary/aromatic N) is 2. The van der Waals surface area contributed by atoms with Crippen molar-refractivity contribution in [2.75, 3.05) is 18.0 Å². The molecule has 1 aromatic carbocycles. The maximum absolute atomic E-state index is 12.8. The Hall–Kier alpha value is -3.11. The maximum atomic E-state index is 12.8. The van der Waals surface area contributed by atoms with Gasteiger partial charge < -0.3 is 19.5 Å². The molecule has 1 amide bonds. The van der Waals surface area contributed by atoms with Crippen LogP contribution in [0.2, 0.25) is 0 Å². The maximum Gasteiger partial charge on any atom is 0.417 e. The van der Waals surface area contributed by atoms with E-state index in [1.54, 1.807) is 23.1 Å². The minimum atomic E-state index is -4.63. The van der Waals surface area contributed by atoms with Crippen LogP contribution in [0.15, 0.2) is 47.4 Å². The van der Waals surface area contributed by atoms with Crippen molar-refractivity contribution in [1.82, 2.24) is 9.88 Å². The molecular weight excluding hydrogens is 413 g/mol. The molecule has 30 heavy (non-hydrogen) atoms. The quantitative estimate of drug-likeness (QED) is 0.715. The summed E-state index contributed by atoms with van der Waals surface area (Å²) in [6.45, 7) is -2.79. The summed E-state index contributed by atoms with van der Waals surface area (Å²) in [4.78, 5) is 25.8. The van der Waals surface area contributed by atoms with Crippen LogP contribution < -0.4 is 20.5 Å². The number of carbonyl (C=O) groups is 1. The first-order valence-corrected chi connectivity index (χ1v) is 8.99. The number of pyridine rings is 1. The highest BCUT2D eigenvalue weighted by atomic mass is 19.4. The Labute approximate surface area is 167 Å². The Bertz CT molecular complexity index is 961. The topological polar surface area (TPSA) is 63.6 Å². The van der Waals surface area contributed by atoms with Crippen molar-refractivity contribution >= 4 is 11.6 Å². The van der Waals surface area contributed by atoms with Gasteiger partial charge in [-0.2, -0.15) is 22.0 Å². The summed E-state index contributed by atoms with van der Waals surface area (Å²) in [6.07, 6.45) is -3.54. The monoisotopic (exact) mass is 431 g/mol. The first-order valence-electron chi connectivity index (χ1n) is 8.99. The third-order valence-corrected chi connectivity index (χ3v) is 4.60. The van der Waals surface area contributed by atoms with Crippen LogP contribution in [0.25, 0.3) is 0 Å². The van der Waals surface area contributed by atoms with E-state index in [9.17, 15) is 31.5 Å². The molecule has 11 heteroatoms. The summed E-state index contributed by atoms with van der Waals surface area (Å²) in [5.74, 6) is -0.615. The lowest BCUT2D eigenvalue weighted by atomic mass is 10.2. The lowest BCUT2D eigenvalue weighted by molar-refractivity contribution is -0.138. The Kier molecular flexibility index (Phi) is 6.28. The van der Waals surface area contributed by atoms with Gasteiger partial charge in [0.15, 0.2) is 0 Å². The van der Waals surface area contributed by atoms with Crippen LogP contribution in [0.4, 0.5) is 27.6 Å². The zero-order valence-corrected chi connectivity index (χ0v) is 15.5. The van der Waals surface area contributed by atoms with Crippen LogP contribution in [0.5, 0.6) is 5.75 Å². The second-order valence-electron chi connectivity index (χ2n) is 6.73. The fourth-order valence-corrected chi connectivity index (χ4v) is 3.26. The normalized spacial score (nSPS) is 16.7. The molecule has 0 spiro atoms. The molecule has 6 nitrogen and oxygen atoms in total. The molecule has 1 aromatic heterocycles. The lowest BCUT2D eigenvalue weighted by Crippen LogP contribution is -2.40. The number of halogens is 5. The van der Waals surface area contributed by atoms with Crippen molar-refractivity contribution in [2.24, 2.45) is 0 Å². The number of hydrogen-bond donors (Lipinski definition) is 1. The Morgan fingerprint density at radius 3 is 2.63 bits per heavy atom. The number of nitrogens with one attached hydrogen (secondary N) is 1. The summed E-state index contributed by atoms with van der Waals surface area (Å²) in [5, 5.41) is 2.66. The molecule has 3 rings (SSSR count). The van der Waals surface area contributed by atoms with Crippen molar-refractivity contribution in [3.05, 3.63) is 58.5 Å². The van der Waals surface area contributed by atoms with Crippen LogP contribution >= 0.6 is 0 Å². The van der Waals surface area contributed by atoms with E-state index in [-0.39, 0.29) is 11.8 Å². The zero-order chi connectivity index (χ0) is 21.9. The molecule has 1 fully saturated rings. The molecule has 1 N–H and O–H groups in total. The van der Waals surface area contributed by atoms with Gasteiger partial charge in [0, 0.05) is 31.4 Å². The molecule has 1 aliphatic rings. The molecule has 162 valence electrons. The molecule has 1 saturated heterocycles. The van der Waals surface area contributed by atoms with Gasteiger partial charge in [0.05, 0.1) is 11.3 Å². The molecule has 0 bridgehead atoms. The highest BCUT2D eigenvalue weighted by Gasteiger charge is 2.31. The van der Waals surface area contributed by atoms with Crippen LogP contribution in [-0.4, -0.2) is 36.2 Å². The summed E-state index contributed by atoms with van der Waals surface area (Å²) < 4.78 is 68.8. The van der Waals surface area contributed by atoms with Gasteiger partial charge in [0.1, 0.15) is 12.3 Å². The number of rotatable bonds is 6. The van der Waals surface area contributed by atoms with Gasteiger partial charge in [-0.25, -0.2) is 0 Å². The van der Waals surface area contributed by atoms with Crippen molar-refractivity contribution in [3.8, 4) is 5.75 Å². The van der Waals surface area contributed by atoms with Crippen molar-refractivity contribution < 1.29 is 31.5 Å². The average Bonchev–Trinajstić information content (AvgIpc) is 3.10. The van der Waals surface area contributed by atoms with E-state index in [4.69, 9.17) is 0 Å². The molecule has 0 aliphatic carbocycles. The summed E-state index contributed by atoms with van der Waals surface area (Å²) >= 11 is 0. The van der Waals surface area contributed by atoms with Crippen LogP contribution in [0.3, 0.4) is 0 Å². The molecule has 2 aromatic rings. The predicted octanol–water partition coefficient (Wildman–Crippen LogP) is 2.86. The van der Waals surface area contributed by atoms with E-state index < -0.39 is 36.4 Å². The number of ether oxygens (including phenoxy) is 1. The van der Waals surface area contributed by atoms with Crippen molar-refractivity contribution in [1.29, 1.82) is 0 Å². The molecule has 2 heterocycles. The predicted molar refractivity (Wildman–Crippen MR) is 97.5 cm³/mol. The number of alkyl halides is 5. The first kappa shape index (κ1) is 21.6. The van der Waals surface area contributed by atoms with E-state index in [1.807, 2.05) is 0 Å². The molecule has 0 saturated carbocycles. The summed E-state index contributed by atoms with van der Waals surface area (Å²) in [6, 6.07) is 7.30. The molecular formula is C19H18F5N3O3. The van der Waals surface area contributed by atoms with Gasteiger partial charge in [-0.05, 0) is 24.6 Å². The Morgan fingerprint density at radius 2 is 1.93 bits per heavy atom. The number of carbonyl (C=O) groups excluding carboxylic acids is 1. The number of benzene rings is 1. The van der Waals surface area contributed by atoms with Crippen LogP contribution in [0, 0.1) is 0 Å². The lowest BCUT2D eigenvalue weighted by Gasteiger charge is -2.22. The molecule has 1 unspecified atom stereocenters. The standard InChI is InChI=1S/C19H18F5N3O3/c20-18(21)30-15-4-2-1-3-14(15)26-8-7-13(10-26)25-16(28)11-27-9-12(19(22,23)24)5-6-17(27)29/h1-6,9,13,18H,7-8,10-11H2,(H,25,28). The number of para-hydroxylation sites is 2. The van der Waals surface area contributed by atoms with Gasteiger partial charge in [-0.3, -0.25) is 9.59 Å². The third kappa shape index (κ3) is 5.28. The van der Waals surface area contributed by atoms with Gasteiger partial charge in [-0.15, -0.1) is 0 Å². The summed E-state index contributed by atoms with van der Waals surface area (Å²) in [5.41, 5.74) is -1.31. The molecule has 1 aliphatic heterocycles. The number of aromatic nitrogens is 1. The van der Waals surface area contributed by atoms with E-state index in [0.717, 1.165) is 6.07 Å². The van der Waals surface area contributed by atoms with Gasteiger partial charge in [0.25, 0.3) is 5.56 Å². The Balaban J connectivity index is 1.63. The average molecular weight is 431 g/mol. The third-order valence-electron chi connectivity index (χ3n) is 4.60. The van der Waals surface area contributed by atoms with Crippen molar-refractivity contribution in [2.45, 2.75) is 31.8 Å². The highest BCUT2D eigenvalue weighted by molar-refractivity contribution is 5.76. The number of anilines is 1. The largest absolute Gasteiger partial charge is 0.433 e. The molecule has 1 atom stereocenters. The number of amides is 1. The minimum absolute atomic E-state index is 0.00925. The highest BCUT2D eigenvalue weighted by Crippen LogP contribution is 2.32. The Morgan fingerprint density at radius 1 is 1.20 bits per heavy atom. The van der Waals surface area contributed by atoms with Crippen LogP contribution in [-0.2, 0) is 17.5 Å². The van der Waals surface area contributed by atoms with E-state index in [1.165, 1.54) is 6.07 Å². The van der Waals surface area contributed by atoms with Gasteiger partial charge in [-0.1, -0.05) is 12.1 Å². The smallest absolute Gasteiger partial charge is 0.417 e. The first-order chi connectivity index (χ1) is 14.1. The summed E-state index contributed by atoms with van der Waals surface area (Å²) in [7, 11) is 0. The van der Waals surface area contributed by atoms with Gasteiger partial charge >= 0.3 is 12.8 Å². The zero-order valence-electron chi connectivity index (χ0n) is 15.5. The number of hydrogen-bond acceptors (Lipinski definition) is 4. The van der Waals surface area contributed by atoms with Gasteiger partial charge in [0.2, 0.25) is 5.91 Å². The molecule has 0 radical (unpaired) electrons. The minimum Gasteiger partial charge on any atom is -0.433 e. The van der Waals surface area contributed by atoms with E-state index in [2.05, 4.69) is 10.1 Å². The second kappa shape index (κ2) is 8.72. The fraction of sp³-hybridized carbons (Fsp3) is 0.368. The second-order valence-corrected chi connectivity index (χ2v) is 6.73.